The zero-order valence-corrected chi connectivity index (χ0v) is 13.6. The quantitative estimate of drug-likeness (QED) is 0.479. The Morgan fingerprint density at radius 2 is 1.58 bits per heavy atom. The fraction of sp³-hybridized carbons (Fsp3) is 0.176. The van der Waals surface area contributed by atoms with Gasteiger partial charge in [-0.05, 0) is 31.2 Å². The topological polar surface area (TPSA) is 108 Å². The summed E-state index contributed by atoms with van der Waals surface area (Å²) in [6.07, 6.45) is 0. The van der Waals surface area contributed by atoms with Crippen LogP contribution in [0.15, 0.2) is 58.9 Å². The first-order valence-corrected chi connectivity index (χ1v) is 7.86. The highest BCUT2D eigenvalue weighted by molar-refractivity contribution is 6.26. The van der Waals surface area contributed by atoms with E-state index in [1.54, 1.807) is 12.1 Å². The molecule has 0 radical (unpaired) electrons. The zero-order chi connectivity index (χ0) is 18.4. The lowest BCUT2D eigenvalue weighted by atomic mass is 10.1. The Morgan fingerprint density at radius 1 is 0.962 bits per heavy atom. The van der Waals surface area contributed by atoms with Crippen molar-refractivity contribution in [2.45, 2.75) is 19.0 Å². The molecule has 0 aromatic heterocycles. The van der Waals surface area contributed by atoms with E-state index in [0.29, 0.717) is 11.4 Å². The van der Waals surface area contributed by atoms with Gasteiger partial charge in [0.15, 0.2) is 12.1 Å². The van der Waals surface area contributed by atoms with E-state index in [9.17, 15) is 19.7 Å². The predicted octanol–water partition coefficient (Wildman–Crippen LogP) is 2.40. The Kier molecular flexibility index (Phi) is 3.50. The molecule has 9 heteroatoms. The predicted molar refractivity (Wildman–Crippen MR) is 91.7 cm³/mol. The zero-order valence-electron chi connectivity index (χ0n) is 13.6. The second kappa shape index (κ2) is 5.73. The highest BCUT2D eigenvalue weighted by atomic mass is 16.6. The number of nitro benzene ring substituents is 1. The highest BCUT2D eigenvalue weighted by Crippen LogP contribution is 2.35. The van der Waals surface area contributed by atoms with E-state index in [2.05, 4.69) is 10.3 Å². The third kappa shape index (κ3) is 2.32. The second-order valence-corrected chi connectivity index (χ2v) is 6.06. The van der Waals surface area contributed by atoms with Gasteiger partial charge < -0.3 is 0 Å². The molecular weight excluding hydrogens is 338 g/mol. The molecule has 0 saturated carbocycles. The van der Waals surface area contributed by atoms with Crippen molar-refractivity contribution >= 4 is 28.9 Å². The first kappa shape index (κ1) is 15.9. The summed E-state index contributed by atoms with van der Waals surface area (Å²) in [6.45, 7) is 1.91. The van der Waals surface area contributed by atoms with Crippen LogP contribution in [0.3, 0.4) is 0 Å². The first-order valence-electron chi connectivity index (χ1n) is 7.86. The van der Waals surface area contributed by atoms with Gasteiger partial charge in [-0.15, -0.1) is 0 Å². The molecule has 0 bridgehead atoms. The van der Waals surface area contributed by atoms with Gasteiger partial charge in [0, 0.05) is 12.1 Å². The van der Waals surface area contributed by atoms with Gasteiger partial charge in [-0.3, -0.25) is 19.7 Å². The molecule has 2 atom stereocenters. The molecule has 130 valence electrons. The van der Waals surface area contributed by atoms with Crippen LogP contribution in [0.4, 0.5) is 17.1 Å². The van der Waals surface area contributed by atoms with Crippen LogP contribution in [0.1, 0.15) is 5.56 Å². The van der Waals surface area contributed by atoms with Crippen LogP contribution < -0.4 is 9.91 Å². The van der Waals surface area contributed by atoms with E-state index in [1.165, 1.54) is 29.3 Å². The van der Waals surface area contributed by atoms with E-state index in [4.69, 9.17) is 0 Å². The number of fused-ring (bicyclic) bond motifs is 1. The molecule has 0 aliphatic carbocycles. The summed E-state index contributed by atoms with van der Waals surface area (Å²) in [7, 11) is 0. The minimum Gasteiger partial charge on any atom is -0.271 e. The van der Waals surface area contributed by atoms with Crippen molar-refractivity contribution in [1.82, 2.24) is 0 Å². The average molecular weight is 351 g/mol. The van der Waals surface area contributed by atoms with Gasteiger partial charge in [-0.25, -0.2) is 9.91 Å². The molecule has 4 rings (SSSR count). The van der Waals surface area contributed by atoms with Crippen LogP contribution in [-0.4, -0.2) is 28.8 Å². The molecule has 2 aromatic carbocycles. The Labute approximate surface area is 147 Å². The molecule has 2 heterocycles. The van der Waals surface area contributed by atoms with Gasteiger partial charge >= 0.3 is 0 Å². The van der Waals surface area contributed by atoms with Crippen LogP contribution in [0.5, 0.6) is 0 Å². The van der Waals surface area contributed by atoms with Crippen LogP contribution >= 0.6 is 0 Å². The number of amides is 2. The smallest absolute Gasteiger partial charge is 0.269 e. The number of aryl methyl sites for hydroxylation is 1. The van der Waals surface area contributed by atoms with Crippen molar-refractivity contribution in [2.75, 3.05) is 9.91 Å². The molecule has 9 nitrogen and oxygen atoms in total. The molecule has 2 aromatic rings. The Bertz CT molecular complexity index is 939. The van der Waals surface area contributed by atoms with E-state index >= 15 is 0 Å². The lowest BCUT2D eigenvalue weighted by Crippen LogP contribution is -2.39. The normalized spacial score (nSPS) is 21.4. The molecule has 1 saturated heterocycles. The van der Waals surface area contributed by atoms with Gasteiger partial charge in [0.05, 0.1) is 16.3 Å². The third-order valence-corrected chi connectivity index (χ3v) is 4.40. The number of anilines is 2. The van der Waals surface area contributed by atoms with Crippen LogP contribution in [0.25, 0.3) is 0 Å². The van der Waals surface area contributed by atoms with Crippen molar-refractivity contribution < 1.29 is 14.5 Å². The number of carbonyl (C=O) groups excluding carboxylic acids is 2. The van der Waals surface area contributed by atoms with Crippen molar-refractivity contribution in [3.05, 3.63) is 64.2 Å². The van der Waals surface area contributed by atoms with Gasteiger partial charge in [-0.1, -0.05) is 22.9 Å². The summed E-state index contributed by atoms with van der Waals surface area (Å²) >= 11 is 0. The minimum atomic E-state index is -0.918. The van der Waals surface area contributed by atoms with Crippen molar-refractivity contribution in [3.8, 4) is 0 Å². The molecule has 1 fully saturated rings. The molecule has 0 spiro atoms. The highest BCUT2D eigenvalue weighted by Gasteiger charge is 2.55. The molecule has 2 amide bonds. The van der Waals surface area contributed by atoms with Crippen LogP contribution in [-0.2, 0) is 9.59 Å². The van der Waals surface area contributed by atoms with Gasteiger partial charge in [0.1, 0.15) is 0 Å². The summed E-state index contributed by atoms with van der Waals surface area (Å²) in [5.74, 6) is -0.857. The Hall–Kier alpha value is -3.62. The van der Waals surface area contributed by atoms with Gasteiger partial charge in [0.25, 0.3) is 17.5 Å². The molecular formula is C17H13N5O4. The van der Waals surface area contributed by atoms with E-state index < -0.39 is 28.8 Å². The fourth-order valence-corrected chi connectivity index (χ4v) is 3.05. The molecule has 2 aliphatic rings. The number of hydrogen-bond donors (Lipinski definition) is 0. The maximum atomic E-state index is 12.9. The molecule has 26 heavy (non-hydrogen) atoms. The monoisotopic (exact) mass is 351 g/mol. The van der Waals surface area contributed by atoms with Crippen molar-refractivity contribution in [3.63, 3.8) is 0 Å². The van der Waals surface area contributed by atoms with Crippen LogP contribution in [0, 0.1) is 17.0 Å². The number of hydrogen-bond acceptors (Lipinski definition) is 7. The van der Waals surface area contributed by atoms with Crippen molar-refractivity contribution in [2.24, 2.45) is 10.3 Å². The average Bonchev–Trinajstić information content (AvgIpc) is 3.17. The molecule has 2 aliphatic heterocycles. The second-order valence-electron chi connectivity index (χ2n) is 6.06. The summed E-state index contributed by atoms with van der Waals surface area (Å²) in [6, 6.07) is 10.8. The number of non-ortho nitro benzene ring substituents is 1. The summed E-state index contributed by atoms with van der Waals surface area (Å²) < 4.78 is 0. The van der Waals surface area contributed by atoms with Crippen LogP contribution in [0.2, 0.25) is 0 Å². The van der Waals surface area contributed by atoms with E-state index in [-0.39, 0.29) is 5.69 Å². The molecule has 0 unspecified atom stereocenters. The fourth-order valence-electron chi connectivity index (χ4n) is 3.05. The maximum absolute atomic E-state index is 12.9. The van der Waals surface area contributed by atoms with E-state index in [0.717, 1.165) is 10.5 Å². The Balaban J connectivity index is 1.65. The summed E-state index contributed by atoms with van der Waals surface area (Å²) in [5, 5.41) is 20.0. The number of rotatable bonds is 3. The Morgan fingerprint density at radius 3 is 2.19 bits per heavy atom. The summed E-state index contributed by atoms with van der Waals surface area (Å²) in [4.78, 5) is 36.9. The van der Waals surface area contributed by atoms with Gasteiger partial charge in [-0.2, -0.15) is 5.11 Å². The summed E-state index contributed by atoms with van der Waals surface area (Å²) in [5.41, 5.74) is 1.88. The maximum Gasteiger partial charge on any atom is 0.269 e. The standard InChI is InChI=1S/C17H13N5O4/c1-10-2-4-11(5-3-10)20-16(23)14-15(17(20)24)21(19-18-14)12-6-8-13(9-7-12)22(25)26/h2-9,14-15H,1H3/t14-,15+/m1/s1. The lowest BCUT2D eigenvalue weighted by Gasteiger charge is -2.20. The lowest BCUT2D eigenvalue weighted by molar-refractivity contribution is -0.384. The number of imide groups is 1. The first-order chi connectivity index (χ1) is 12.5. The van der Waals surface area contributed by atoms with Gasteiger partial charge in [0.2, 0.25) is 0 Å². The SMILES string of the molecule is Cc1ccc(N2C(=O)[C@@H]3[C@@H](N=NN3c3ccc([N+](=O)[O-])cc3)C2=O)cc1. The number of carbonyl (C=O) groups is 2. The number of benzene rings is 2. The molecule has 0 N–H and O–H groups in total. The third-order valence-electron chi connectivity index (χ3n) is 4.40. The minimum absolute atomic E-state index is 0.0726. The largest absolute Gasteiger partial charge is 0.271 e. The van der Waals surface area contributed by atoms with E-state index in [1.807, 2.05) is 19.1 Å². The number of nitrogens with zero attached hydrogens (tertiary/aromatic N) is 5. The van der Waals surface area contributed by atoms with Crippen molar-refractivity contribution in [1.29, 1.82) is 0 Å². The number of nitro groups is 1.